The van der Waals surface area contributed by atoms with Gasteiger partial charge in [0.2, 0.25) is 5.91 Å². The molecule has 0 radical (unpaired) electrons. The Bertz CT molecular complexity index is 735. The number of anilines is 1. The summed E-state index contributed by atoms with van der Waals surface area (Å²) in [7, 11) is 0. The molecule has 3 unspecified atom stereocenters. The number of hydrogen-bond donors (Lipinski definition) is 2. The highest BCUT2D eigenvalue weighted by Gasteiger charge is 2.35. The Morgan fingerprint density at radius 3 is 3.04 bits per heavy atom. The Labute approximate surface area is 162 Å². The van der Waals surface area contributed by atoms with E-state index in [0.717, 1.165) is 31.4 Å². The lowest BCUT2D eigenvalue weighted by atomic mass is 9.88. The van der Waals surface area contributed by atoms with Gasteiger partial charge in [-0.25, -0.2) is 9.18 Å². The van der Waals surface area contributed by atoms with Crippen LogP contribution >= 0.6 is 11.8 Å². The van der Waals surface area contributed by atoms with Gasteiger partial charge in [-0.2, -0.15) is 0 Å². The fourth-order valence-corrected chi connectivity index (χ4v) is 5.72. The Kier molecular flexibility index (Phi) is 5.27. The number of fused-ring (bicyclic) bond motifs is 2. The smallest absolute Gasteiger partial charge is 0.414 e. The summed E-state index contributed by atoms with van der Waals surface area (Å²) in [6.45, 7) is 3.02. The summed E-state index contributed by atoms with van der Waals surface area (Å²) in [5.41, 5.74) is 1.23. The molecule has 3 saturated heterocycles. The average molecular weight is 393 g/mol. The monoisotopic (exact) mass is 393 g/mol. The molecule has 3 aliphatic heterocycles. The van der Waals surface area contributed by atoms with Crippen LogP contribution in [-0.4, -0.2) is 48.4 Å². The number of nitrogens with one attached hydrogen (secondary N) is 2. The molecule has 2 bridgehead atoms. The molecule has 3 heterocycles. The lowest BCUT2D eigenvalue weighted by Gasteiger charge is -2.39. The zero-order valence-electron chi connectivity index (χ0n) is 15.2. The summed E-state index contributed by atoms with van der Waals surface area (Å²) in [4.78, 5) is 24.6. The van der Waals surface area contributed by atoms with Gasteiger partial charge in [-0.3, -0.25) is 9.69 Å². The highest BCUT2D eigenvalue weighted by Crippen LogP contribution is 2.43. The summed E-state index contributed by atoms with van der Waals surface area (Å²) < 4.78 is 20.1. The van der Waals surface area contributed by atoms with Crippen LogP contribution in [0.25, 0.3) is 0 Å². The number of thioether (sulfide) groups is 1. The van der Waals surface area contributed by atoms with Gasteiger partial charge in [-0.1, -0.05) is 6.07 Å². The average Bonchev–Trinajstić information content (AvgIpc) is 3.00. The van der Waals surface area contributed by atoms with E-state index in [9.17, 15) is 14.0 Å². The molecule has 27 heavy (non-hydrogen) atoms. The molecule has 0 aliphatic carbocycles. The van der Waals surface area contributed by atoms with Crippen molar-refractivity contribution < 1.29 is 18.7 Å². The van der Waals surface area contributed by atoms with Crippen molar-refractivity contribution in [3.05, 3.63) is 29.6 Å². The second-order valence-electron chi connectivity index (χ2n) is 7.42. The summed E-state index contributed by atoms with van der Waals surface area (Å²) in [6.07, 6.45) is 2.13. The summed E-state index contributed by atoms with van der Waals surface area (Å²) in [6, 6.07) is 5.04. The van der Waals surface area contributed by atoms with Crippen molar-refractivity contribution in [3.63, 3.8) is 0 Å². The topological polar surface area (TPSA) is 70.7 Å². The number of carbonyl (C=O) groups is 2. The summed E-state index contributed by atoms with van der Waals surface area (Å²) in [5.74, 6) is -0.230. The SMILES string of the molecule is CC(=O)NC[C@H]1CN(c2ccc(C3CC4CCNC(C3)S4)c(F)c2)C(=O)O1. The van der Waals surface area contributed by atoms with Crippen molar-refractivity contribution in [2.45, 2.75) is 48.8 Å². The van der Waals surface area contributed by atoms with Crippen molar-refractivity contribution in [2.24, 2.45) is 0 Å². The predicted octanol–water partition coefficient (Wildman–Crippen LogP) is 2.59. The number of carbonyl (C=O) groups excluding carboxylic acids is 2. The number of cyclic esters (lactones) is 1. The van der Waals surface area contributed by atoms with Gasteiger partial charge >= 0.3 is 6.09 Å². The Hall–Kier alpha value is -1.80. The van der Waals surface area contributed by atoms with Gasteiger partial charge in [0.1, 0.15) is 11.9 Å². The maximum atomic E-state index is 14.9. The number of rotatable bonds is 4. The molecule has 8 heteroatoms. The van der Waals surface area contributed by atoms with Crippen LogP contribution < -0.4 is 15.5 Å². The van der Waals surface area contributed by atoms with Gasteiger partial charge in [0.15, 0.2) is 0 Å². The van der Waals surface area contributed by atoms with E-state index in [-0.39, 0.29) is 24.2 Å². The van der Waals surface area contributed by atoms with Gasteiger partial charge in [0.05, 0.1) is 24.2 Å². The van der Waals surface area contributed by atoms with Crippen LogP contribution in [0.1, 0.15) is 37.7 Å². The number of ether oxygens (including phenoxy) is 1. The molecule has 2 N–H and O–H groups in total. The number of nitrogens with zero attached hydrogens (tertiary/aromatic N) is 1. The standard InChI is InChI=1S/C19H24FN3O3S/c1-11(24)22-9-14-10-23(19(25)26-14)13-2-3-16(17(20)8-13)12-6-15-4-5-21-18(7-12)27-15/h2-3,8,12,14-15,18,21H,4-7,9-10H2,1H3,(H,22,24)/t12?,14-,15?,18?/m0/s1. The highest BCUT2D eigenvalue weighted by molar-refractivity contribution is 8.00. The van der Waals surface area contributed by atoms with Gasteiger partial charge in [-0.05, 0) is 49.4 Å². The molecule has 4 atom stereocenters. The van der Waals surface area contributed by atoms with Crippen LogP contribution in [0.4, 0.5) is 14.9 Å². The Morgan fingerprint density at radius 2 is 2.30 bits per heavy atom. The number of amides is 2. The number of benzene rings is 1. The fraction of sp³-hybridized carbons (Fsp3) is 0.579. The van der Waals surface area contributed by atoms with Gasteiger partial charge in [0, 0.05) is 12.2 Å². The van der Waals surface area contributed by atoms with E-state index in [2.05, 4.69) is 10.6 Å². The van der Waals surface area contributed by atoms with Crippen molar-refractivity contribution in [2.75, 3.05) is 24.5 Å². The van der Waals surface area contributed by atoms with E-state index in [0.29, 0.717) is 22.9 Å². The minimum atomic E-state index is -0.509. The third kappa shape index (κ3) is 4.06. The van der Waals surface area contributed by atoms with E-state index in [1.807, 2.05) is 17.8 Å². The van der Waals surface area contributed by atoms with Crippen LogP contribution in [0.2, 0.25) is 0 Å². The van der Waals surface area contributed by atoms with Gasteiger partial charge < -0.3 is 15.4 Å². The van der Waals surface area contributed by atoms with E-state index in [4.69, 9.17) is 4.74 Å². The van der Waals surface area contributed by atoms with Gasteiger partial charge in [-0.15, -0.1) is 11.8 Å². The first kappa shape index (κ1) is 18.6. The Balaban J connectivity index is 1.45. The van der Waals surface area contributed by atoms with Crippen molar-refractivity contribution >= 4 is 29.4 Å². The molecule has 0 aromatic heterocycles. The first-order chi connectivity index (χ1) is 13.0. The molecule has 3 aliphatic rings. The van der Waals surface area contributed by atoms with Crippen LogP contribution in [0.5, 0.6) is 0 Å². The predicted molar refractivity (Wildman–Crippen MR) is 102 cm³/mol. The third-order valence-corrected chi connectivity index (χ3v) is 6.93. The second-order valence-corrected chi connectivity index (χ2v) is 8.93. The minimum absolute atomic E-state index is 0.176. The Morgan fingerprint density at radius 1 is 1.44 bits per heavy atom. The molecule has 2 amide bonds. The molecule has 6 nitrogen and oxygen atoms in total. The zero-order valence-corrected chi connectivity index (χ0v) is 16.1. The van der Waals surface area contributed by atoms with Crippen LogP contribution in [0, 0.1) is 5.82 Å². The highest BCUT2D eigenvalue weighted by atomic mass is 32.2. The molecular weight excluding hydrogens is 369 g/mol. The van der Waals surface area contributed by atoms with Crippen molar-refractivity contribution in [1.29, 1.82) is 0 Å². The van der Waals surface area contributed by atoms with Crippen molar-refractivity contribution in [3.8, 4) is 0 Å². The van der Waals surface area contributed by atoms with E-state index in [1.165, 1.54) is 17.9 Å². The number of halogens is 1. The molecule has 1 aromatic rings. The minimum Gasteiger partial charge on any atom is -0.442 e. The van der Waals surface area contributed by atoms with Crippen LogP contribution in [-0.2, 0) is 9.53 Å². The normalized spacial score (nSPS) is 30.1. The summed E-state index contributed by atoms with van der Waals surface area (Å²) in [5, 5.41) is 7.14. The second kappa shape index (κ2) is 7.67. The lowest BCUT2D eigenvalue weighted by Crippen LogP contribution is -2.41. The molecule has 146 valence electrons. The molecule has 0 spiro atoms. The first-order valence-corrected chi connectivity index (χ1v) is 10.3. The van der Waals surface area contributed by atoms with Crippen molar-refractivity contribution in [1.82, 2.24) is 10.6 Å². The van der Waals surface area contributed by atoms with Gasteiger partial charge in [0.25, 0.3) is 0 Å². The van der Waals surface area contributed by atoms with Crippen LogP contribution in [0.3, 0.4) is 0 Å². The molecule has 0 saturated carbocycles. The van der Waals surface area contributed by atoms with Crippen LogP contribution in [0.15, 0.2) is 18.2 Å². The summed E-state index contributed by atoms with van der Waals surface area (Å²) >= 11 is 1.98. The largest absolute Gasteiger partial charge is 0.442 e. The molecule has 4 rings (SSSR count). The maximum absolute atomic E-state index is 14.9. The third-order valence-electron chi connectivity index (χ3n) is 5.43. The van der Waals surface area contributed by atoms with E-state index >= 15 is 0 Å². The molecule has 1 aromatic carbocycles. The molecular formula is C19H24FN3O3S. The van der Waals surface area contributed by atoms with E-state index in [1.54, 1.807) is 6.07 Å². The lowest BCUT2D eigenvalue weighted by molar-refractivity contribution is -0.119. The van der Waals surface area contributed by atoms with E-state index < -0.39 is 12.2 Å². The first-order valence-electron chi connectivity index (χ1n) is 9.40. The maximum Gasteiger partial charge on any atom is 0.414 e. The molecule has 3 fully saturated rings. The fourth-order valence-electron chi connectivity index (χ4n) is 4.10. The number of hydrogen-bond acceptors (Lipinski definition) is 5. The quantitative estimate of drug-likeness (QED) is 0.823. The zero-order chi connectivity index (χ0) is 19.0.